The van der Waals surface area contributed by atoms with E-state index in [0.29, 0.717) is 10.6 Å². The van der Waals surface area contributed by atoms with Gasteiger partial charge in [0.05, 0.1) is 10.6 Å². The van der Waals surface area contributed by atoms with Gasteiger partial charge in [0.1, 0.15) is 18.4 Å². The maximum Gasteiger partial charge on any atom is 0.264 e. The van der Waals surface area contributed by atoms with E-state index in [2.05, 4.69) is 5.32 Å². The van der Waals surface area contributed by atoms with Crippen molar-refractivity contribution in [3.63, 3.8) is 0 Å². The first-order valence-corrected chi connectivity index (χ1v) is 15.6. The molecule has 1 atom stereocenters. The quantitative estimate of drug-likeness (QED) is 0.317. The second-order valence-corrected chi connectivity index (χ2v) is 12.7. The van der Waals surface area contributed by atoms with Crippen LogP contribution in [-0.2, 0) is 26.2 Å². The first-order valence-electron chi connectivity index (χ1n) is 13.7. The summed E-state index contributed by atoms with van der Waals surface area (Å²) in [5.41, 5.74) is 1.04. The van der Waals surface area contributed by atoms with Crippen molar-refractivity contribution in [1.29, 1.82) is 0 Å². The summed E-state index contributed by atoms with van der Waals surface area (Å²) in [6.45, 7) is 2.48. The number of aryl methyl sites for hydroxylation is 1. The number of sulfonamides is 1. The van der Waals surface area contributed by atoms with Crippen LogP contribution in [-0.4, -0.2) is 43.8 Å². The van der Waals surface area contributed by atoms with Crippen LogP contribution in [0.4, 0.5) is 10.1 Å². The van der Waals surface area contributed by atoms with E-state index in [1.54, 1.807) is 62.4 Å². The number of nitrogens with zero attached hydrogens (tertiary/aromatic N) is 2. The highest BCUT2D eigenvalue weighted by molar-refractivity contribution is 7.92. The Balaban J connectivity index is 1.71. The molecule has 0 spiro atoms. The number of benzene rings is 3. The SMILES string of the molecule is Cc1ccc(Cl)cc1N(CC(=O)N(Cc1ccccc1F)[C@H](C)C(=O)NC1CCCCC1)S(=O)(=O)c1ccccc1. The van der Waals surface area contributed by atoms with Crippen LogP contribution >= 0.6 is 11.6 Å². The molecule has 2 amide bonds. The van der Waals surface area contributed by atoms with Crippen LogP contribution < -0.4 is 9.62 Å². The summed E-state index contributed by atoms with van der Waals surface area (Å²) in [6.07, 6.45) is 4.87. The third-order valence-electron chi connectivity index (χ3n) is 7.47. The molecule has 4 rings (SSSR count). The van der Waals surface area contributed by atoms with Gasteiger partial charge in [0, 0.05) is 23.2 Å². The molecule has 0 bridgehead atoms. The molecule has 1 aliphatic carbocycles. The summed E-state index contributed by atoms with van der Waals surface area (Å²) in [4.78, 5) is 28.6. The highest BCUT2D eigenvalue weighted by Crippen LogP contribution is 2.30. The third kappa shape index (κ3) is 7.45. The van der Waals surface area contributed by atoms with Gasteiger partial charge < -0.3 is 10.2 Å². The molecule has 0 radical (unpaired) electrons. The number of nitrogens with one attached hydrogen (secondary N) is 1. The van der Waals surface area contributed by atoms with E-state index in [4.69, 9.17) is 11.6 Å². The molecule has 0 saturated heterocycles. The van der Waals surface area contributed by atoms with E-state index in [9.17, 15) is 22.4 Å². The van der Waals surface area contributed by atoms with Crippen molar-refractivity contribution in [2.45, 2.75) is 69.5 Å². The van der Waals surface area contributed by atoms with Crippen LogP contribution in [0.1, 0.15) is 50.2 Å². The molecule has 0 unspecified atom stereocenters. The van der Waals surface area contributed by atoms with E-state index in [0.717, 1.165) is 36.4 Å². The summed E-state index contributed by atoms with van der Waals surface area (Å²) in [5, 5.41) is 3.34. The average molecular weight is 600 g/mol. The lowest BCUT2D eigenvalue weighted by atomic mass is 9.95. The smallest absolute Gasteiger partial charge is 0.264 e. The van der Waals surface area contributed by atoms with Crippen LogP contribution in [0.25, 0.3) is 0 Å². The Labute approximate surface area is 246 Å². The molecule has 3 aromatic carbocycles. The molecule has 0 aliphatic heterocycles. The van der Waals surface area contributed by atoms with Crippen molar-refractivity contribution in [1.82, 2.24) is 10.2 Å². The molecular formula is C31H35ClFN3O4S. The number of anilines is 1. The fourth-order valence-corrected chi connectivity index (χ4v) is 6.70. The number of hydrogen-bond acceptors (Lipinski definition) is 4. The minimum absolute atomic E-state index is 0.00378. The van der Waals surface area contributed by atoms with E-state index >= 15 is 0 Å². The average Bonchev–Trinajstić information content (AvgIpc) is 2.97. The molecule has 1 saturated carbocycles. The third-order valence-corrected chi connectivity index (χ3v) is 9.48. The van der Waals surface area contributed by atoms with Gasteiger partial charge in [0.2, 0.25) is 11.8 Å². The Morgan fingerprint density at radius 2 is 1.66 bits per heavy atom. The fourth-order valence-electron chi connectivity index (χ4n) is 5.05. The lowest BCUT2D eigenvalue weighted by Gasteiger charge is -2.33. The molecule has 0 heterocycles. The summed E-state index contributed by atoms with van der Waals surface area (Å²) in [7, 11) is -4.22. The zero-order valence-electron chi connectivity index (χ0n) is 23.2. The van der Waals surface area contributed by atoms with Gasteiger partial charge >= 0.3 is 0 Å². The van der Waals surface area contributed by atoms with Gasteiger partial charge in [0.15, 0.2) is 0 Å². The van der Waals surface area contributed by atoms with Gasteiger partial charge in [-0.25, -0.2) is 12.8 Å². The molecule has 10 heteroatoms. The topological polar surface area (TPSA) is 86.8 Å². The van der Waals surface area contributed by atoms with Gasteiger partial charge in [-0.05, 0) is 62.6 Å². The summed E-state index contributed by atoms with van der Waals surface area (Å²) in [5.74, 6) is -1.54. The molecule has 7 nitrogen and oxygen atoms in total. The second kappa shape index (κ2) is 13.5. The highest BCUT2D eigenvalue weighted by Gasteiger charge is 2.34. The maximum atomic E-state index is 14.7. The van der Waals surface area contributed by atoms with E-state index in [1.165, 1.54) is 29.2 Å². The Morgan fingerprint density at radius 3 is 2.34 bits per heavy atom. The Bertz CT molecular complexity index is 1480. The number of carbonyl (C=O) groups excluding carboxylic acids is 2. The van der Waals surface area contributed by atoms with Crippen molar-refractivity contribution in [2.75, 3.05) is 10.8 Å². The van der Waals surface area contributed by atoms with Gasteiger partial charge in [-0.15, -0.1) is 0 Å². The zero-order chi connectivity index (χ0) is 29.6. The van der Waals surface area contributed by atoms with Gasteiger partial charge in [-0.2, -0.15) is 0 Å². The predicted molar refractivity (Wildman–Crippen MR) is 159 cm³/mol. The Morgan fingerprint density at radius 1 is 1.00 bits per heavy atom. The number of rotatable bonds is 10. The highest BCUT2D eigenvalue weighted by atomic mass is 35.5. The van der Waals surface area contributed by atoms with Crippen LogP contribution in [0.15, 0.2) is 77.7 Å². The van der Waals surface area contributed by atoms with Crippen molar-refractivity contribution in [2.24, 2.45) is 0 Å². The number of carbonyl (C=O) groups is 2. The molecule has 41 heavy (non-hydrogen) atoms. The first kappa shape index (κ1) is 30.5. The van der Waals surface area contributed by atoms with Gasteiger partial charge in [-0.3, -0.25) is 13.9 Å². The maximum absolute atomic E-state index is 14.7. The Kier molecular flexibility index (Phi) is 10.0. The lowest BCUT2D eigenvalue weighted by Crippen LogP contribution is -2.53. The standard InChI is InChI=1S/C31H35ClFN3O4S/c1-22-17-18-25(32)19-29(22)36(41(39,40)27-14-7-4-8-15-27)21-30(37)35(20-24-11-9-10-16-28(24)33)23(2)31(38)34-26-12-5-3-6-13-26/h4,7-11,14-19,23,26H,3,5-6,12-13,20-21H2,1-2H3,(H,34,38)/t23-/m1/s1. The fraction of sp³-hybridized carbons (Fsp3) is 0.355. The summed E-state index contributed by atoms with van der Waals surface area (Å²) in [6, 6.07) is 17.6. The minimum atomic E-state index is -4.22. The van der Waals surface area contributed by atoms with Crippen LogP contribution in [0.5, 0.6) is 0 Å². The van der Waals surface area contributed by atoms with Crippen LogP contribution in [0, 0.1) is 12.7 Å². The largest absolute Gasteiger partial charge is 0.352 e. The molecule has 3 aromatic rings. The Hall–Kier alpha value is -3.43. The van der Waals surface area contributed by atoms with Crippen molar-refractivity contribution < 1.29 is 22.4 Å². The van der Waals surface area contributed by atoms with E-state index in [1.807, 2.05) is 0 Å². The number of amides is 2. The van der Waals surface area contributed by atoms with Gasteiger partial charge in [-0.1, -0.05) is 73.3 Å². The zero-order valence-corrected chi connectivity index (χ0v) is 24.8. The molecule has 1 fully saturated rings. The normalized spacial score (nSPS) is 14.7. The lowest BCUT2D eigenvalue weighted by molar-refractivity contribution is -0.139. The summed E-state index contributed by atoms with van der Waals surface area (Å²) < 4.78 is 43.5. The first-order chi connectivity index (χ1) is 19.6. The predicted octanol–water partition coefficient (Wildman–Crippen LogP) is 5.85. The molecular weight excluding hydrogens is 565 g/mol. The van der Waals surface area contributed by atoms with Crippen LogP contribution in [0.2, 0.25) is 5.02 Å². The second-order valence-electron chi connectivity index (χ2n) is 10.4. The number of hydrogen-bond donors (Lipinski definition) is 1. The summed E-state index contributed by atoms with van der Waals surface area (Å²) >= 11 is 6.25. The molecule has 1 aliphatic rings. The molecule has 1 N–H and O–H groups in total. The molecule has 218 valence electrons. The molecule has 0 aromatic heterocycles. The minimum Gasteiger partial charge on any atom is -0.352 e. The van der Waals surface area contributed by atoms with E-state index < -0.39 is 34.3 Å². The van der Waals surface area contributed by atoms with E-state index in [-0.39, 0.29) is 34.6 Å². The van der Waals surface area contributed by atoms with Crippen molar-refractivity contribution in [3.8, 4) is 0 Å². The van der Waals surface area contributed by atoms with Crippen molar-refractivity contribution >= 4 is 39.1 Å². The monoisotopic (exact) mass is 599 g/mol. The van der Waals surface area contributed by atoms with Crippen molar-refractivity contribution in [3.05, 3.63) is 94.8 Å². The van der Waals surface area contributed by atoms with Crippen LogP contribution in [0.3, 0.4) is 0 Å². The number of halogens is 2. The van der Waals surface area contributed by atoms with Gasteiger partial charge in [0.25, 0.3) is 10.0 Å².